The molecule has 0 aliphatic carbocycles. The lowest BCUT2D eigenvalue weighted by atomic mass is 10.1. The van der Waals surface area contributed by atoms with E-state index < -0.39 is 11.5 Å². The molecule has 3 aromatic rings. The second-order valence-corrected chi connectivity index (χ2v) is 6.97. The number of aryl methyl sites for hydroxylation is 1. The Morgan fingerprint density at radius 3 is 2.52 bits per heavy atom. The number of carbonyl (C=O) groups is 1. The minimum atomic E-state index is -0.470. The molecule has 0 saturated carbocycles. The smallest absolute Gasteiger partial charge is 0.283 e. The molecule has 1 amide bonds. The second-order valence-electron chi connectivity index (χ2n) is 6.97. The number of amides is 1. The number of nitrogens with one attached hydrogen (secondary N) is 1. The summed E-state index contributed by atoms with van der Waals surface area (Å²) >= 11 is 0. The number of carbonyl (C=O) groups excluding carboxylic acids is 1. The molecule has 0 aliphatic rings. The van der Waals surface area contributed by atoms with Crippen molar-refractivity contribution in [2.24, 2.45) is 5.92 Å². The molecular formula is C21H24N4O2. The summed E-state index contributed by atoms with van der Waals surface area (Å²) in [6, 6.07) is 11.5. The van der Waals surface area contributed by atoms with Crippen molar-refractivity contribution in [3.8, 4) is 0 Å². The van der Waals surface area contributed by atoms with Gasteiger partial charge in [0.05, 0.1) is 0 Å². The highest BCUT2D eigenvalue weighted by Gasteiger charge is 2.18. The van der Waals surface area contributed by atoms with Crippen molar-refractivity contribution in [2.45, 2.75) is 40.3 Å². The molecule has 0 bridgehead atoms. The highest BCUT2D eigenvalue weighted by Crippen LogP contribution is 2.10. The molecule has 0 radical (unpaired) electrons. The Labute approximate surface area is 158 Å². The van der Waals surface area contributed by atoms with Gasteiger partial charge in [-0.2, -0.15) is 0 Å². The summed E-state index contributed by atoms with van der Waals surface area (Å²) in [5.41, 5.74) is 2.75. The van der Waals surface area contributed by atoms with Crippen LogP contribution in [0.3, 0.4) is 0 Å². The van der Waals surface area contributed by atoms with E-state index in [0.717, 1.165) is 12.0 Å². The van der Waals surface area contributed by atoms with Crippen LogP contribution in [0.5, 0.6) is 0 Å². The third kappa shape index (κ3) is 4.22. The number of pyridine rings is 1. The lowest BCUT2D eigenvalue weighted by Crippen LogP contribution is -2.35. The average molecular weight is 364 g/mol. The summed E-state index contributed by atoms with van der Waals surface area (Å²) in [6.07, 6.45) is 2.59. The first-order valence-corrected chi connectivity index (χ1v) is 9.21. The van der Waals surface area contributed by atoms with Gasteiger partial charge in [0.15, 0.2) is 11.3 Å². The van der Waals surface area contributed by atoms with Crippen LogP contribution in [0.1, 0.15) is 42.4 Å². The van der Waals surface area contributed by atoms with Gasteiger partial charge >= 0.3 is 0 Å². The molecule has 2 aromatic heterocycles. The summed E-state index contributed by atoms with van der Waals surface area (Å²) in [5.74, 6) is -0.230. The summed E-state index contributed by atoms with van der Waals surface area (Å²) < 4.78 is 1.54. The van der Waals surface area contributed by atoms with Crippen LogP contribution in [-0.2, 0) is 19.5 Å². The van der Waals surface area contributed by atoms with Crippen LogP contribution in [-0.4, -0.2) is 20.4 Å². The van der Waals surface area contributed by atoms with E-state index in [1.54, 1.807) is 18.3 Å². The molecule has 2 heterocycles. The highest BCUT2D eigenvalue weighted by atomic mass is 16.2. The SMILES string of the molecule is CCc1ccc(CNC(=O)c2nc3cccnc3n(CC(C)C)c2=O)cc1. The normalized spacial score (nSPS) is 11.1. The molecule has 1 aromatic carbocycles. The van der Waals surface area contributed by atoms with E-state index in [2.05, 4.69) is 22.2 Å². The van der Waals surface area contributed by atoms with E-state index in [1.165, 1.54) is 10.1 Å². The summed E-state index contributed by atoms with van der Waals surface area (Å²) in [6.45, 7) is 6.95. The topological polar surface area (TPSA) is 76.9 Å². The van der Waals surface area contributed by atoms with E-state index in [4.69, 9.17) is 0 Å². The Hall–Kier alpha value is -3.02. The van der Waals surface area contributed by atoms with E-state index in [1.807, 2.05) is 38.1 Å². The number of nitrogens with zero attached hydrogens (tertiary/aromatic N) is 3. The zero-order valence-corrected chi connectivity index (χ0v) is 15.9. The van der Waals surface area contributed by atoms with Crippen molar-refractivity contribution in [2.75, 3.05) is 0 Å². The fourth-order valence-electron chi connectivity index (χ4n) is 2.92. The Bertz CT molecular complexity index is 1010. The van der Waals surface area contributed by atoms with Crippen LogP contribution < -0.4 is 10.9 Å². The van der Waals surface area contributed by atoms with Gasteiger partial charge in [-0.15, -0.1) is 0 Å². The van der Waals surface area contributed by atoms with Crippen LogP contribution in [0.15, 0.2) is 47.4 Å². The van der Waals surface area contributed by atoms with Crippen LogP contribution in [0.2, 0.25) is 0 Å². The van der Waals surface area contributed by atoms with Gasteiger partial charge in [0, 0.05) is 19.3 Å². The van der Waals surface area contributed by atoms with Gasteiger partial charge in [-0.1, -0.05) is 45.0 Å². The summed E-state index contributed by atoms with van der Waals surface area (Å²) in [4.78, 5) is 34.0. The molecule has 1 N–H and O–H groups in total. The lowest BCUT2D eigenvalue weighted by Gasteiger charge is -2.13. The fraction of sp³-hybridized carbons (Fsp3) is 0.333. The largest absolute Gasteiger partial charge is 0.346 e. The van der Waals surface area contributed by atoms with Crippen LogP contribution in [0, 0.1) is 5.92 Å². The fourth-order valence-corrected chi connectivity index (χ4v) is 2.92. The van der Waals surface area contributed by atoms with E-state index in [0.29, 0.717) is 24.3 Å². The molecule has 0 aliphatic heterocycles. The highest BCUT2D eigenvalue weighted by molar-refractivity contribution is 5.93. The first-order valence-electron chi connectivity index (χ1n) is 9.21. The van der Waals surface area contributed by atoms with Gasteiger partial charge in [-0.3, -0.25) is 14.2 Å². The zero-order chi connectivity index (χ0) is 19.4. The monoisotopic (exact) mass is 364 g/mol. The van der Waals surface area contributed by atoms with Crippen LogP contribution in [0.4, 0.5) is 0 Å². The number of hydrogen-bond donors (Lipinski definition) is 1. The van der Waals surface area contributed by atoms with Gasteiger partial charge in [0.2, 0.25) is 0 Å². The van der Waals surface area contributed by atoms with Crippen molar-refractivity contribution in [1.29, 1.82) is 0 Å². The summed E-state index contributed by atoms with van der Waals surface area (Å²) in [7, 11) is 0. The van der Waals surface area contributed by atoms with Gasteiger partial charge in [0.25, 0.3) is 11.5 Å². The number of benzene rings is 1. The minimum Gasteiger partial charge on any atom is -0.346 e. The Morgan fingerprint density at radius 1 is 1.15 bits per heavy atom. The van der Waals surface area contributed by atoms with Crippen molar-refractivity contribution in [1.82, 2.24) is 19.9 Å². The Kier molecular flexibility index (Phi) is 5.64. The van der Waals surface area contributed by atoms with Crippen molar-refractivity contribution < 1.29 is 4.79 Å². The van der Waals surface area contributed by atoms with Gasteiger partial charge in [-0.05, 0) is 35.6 Å². The predicted octanol–water partition coefficient (Wildman–Crippen LogP) is 2.94. The van der Waals surface area contributed by atoms with Crippen LogP contribution >= 0.6 is 0 Å². The van der Waals surface area contributed by atoms with Gasteiger partial charge in [0.1, 0.15) is 5.52 Å². The first-order chi connectivity index (χ1) is 13.0. The van der Waals surface area contributed by atoms with E-state index >= 15 is 0 Å². The third-order valence-electron chi connectivity index (χ3n) is 4.35. The second kappa shape index (κ2) is 8.12. The van der Waals surface area contributed by atoms with Crippen LogP contribution in [0.25, 0.3) is 11.2 Å². The molecular weight excluding hydrogens is 340 g/mol. The number of hydrogen-bond acceptors (Lipinski definition) is 4. The van der Waals surface area contributed by atoms with Gasteiger partial charge in [-0.25, -0.2) is 9.97 Å². The molecule has 0 spiro atoms. The molecule has 140 valence electrons. The van der Waals surface area contributed by atoms with E-state index in [9.17, 15) is 9.59 Å². The average Bonchev–Trinajstić information content (AvgIpc) is 2.68. The maximum atomic E-state index is 12.9. The molecule has 0 atom stereocenters. The third-order valence-corrected chi connectivity index (χ3v) is 4.35. The first kappa shape index (κ1) is 18.8. The number of rotatable bonds is 6. The van der Waals surface area contributed by atoms with E-state index in [-0.39, 0.29) is 11.6 Å². The number of aromatic nitrogens is 3. The Balaban J connectivity index is 1.89. The molecule has 3 rings (SSSR count). The predicted molar refractivity (Wildman–Crippen MR) is 106 cm³/mol. The van der Waals surface area contributed by atoms with Crippen molar-refractivity contribution >= 4 is 17.1 Å². The molecule has 0 unspecified atom stereocenters. The Morgan fingerprint density at radius 2 is 1.85 bits per heavy atom. The van der Waals surface area contributed by atoms with Crippen molar-refractivity contribution in [3.63, 3.8) is 0 Å². The zero-order valence-electron chi connectivity index (χ0n) is 15.9. The standard InChI is InChI=1S/C21H24N4O2/c1-4-15-7-9-16(10-8-15)12-23-20(26)18-21(27)25(13-14(2)3)19-17(24-18)6-5-11-22-19/h5-11,14H,4,12-13H2,1-3H3,(H,23,26). The molecule has 6 heteroatoms. The number of fused-ring (bicyclic) bond motifs is 1. The molecule has 27 heavy (non-hydrogen) atoms. The summed E-state index contributed by atoms with van der Waals surface area (Å²) in [5, 5.41) is 2.80. The molecule has 0 saturated heterocycles. The molecule has 0 fully saturated rings. The lowest BCUT2D eigenvalue weighted by molar-refractivity contribution is 0.0944. The van der Waals surface area contributed by atoms with Crippen molar-refractivity contribution in [3.05, 3.63) is 69.8 Å². The molecule has 6 nitrogen and oxygen atoms in total. The van der Waals surface area contributed by atoms with Gasteiger partial charge < -0.3 is 5.32 Å². The minimum absolute atomic E-state index is 0.0960. The maximum absolute atomic E-state index is 12.9. The maximum Gasteiger partial charge on any atom is 0.283 e. The quantitative estimate of drug-likeness (QED) is 0.729.